The summed E-state index contributed by atoms with van der Waals surface area (Å²) < 4.78 is 49.1. The molecule has 19 heteroatoms. The van der Waals surface area contributed by atoms with E-state index in [0.717, 1.165) is 99.1 Å². The van der Waals surface area contributed by atoms with Gasteiger partial charge in [0, 0.05) is 62.2 Å². The molecular formula is C57H71N9O9S. The van der Waals surface area contributed by atoms with Crippen molar-refractivity contribution in [2.24, 2.45) is 11.3 Å². The Morgan fingerprint density at radius 3 is 2.41 bits per heavy atom. The van der Waals surface area contributed by atoms with Crippen molar-refractivity contribution in [1.82, 2.24) is 19.6 Å². The number of nitrogens with one attached hydrogen (secondary N) is 3. The number of benzene rings is 3. The van der Waals surface area contributed by atoms with Crippen LogP contribution in [0.25, 0.3) is 11.0 Å². The fraction of sp³-hybridized carbons (Fsp3) is 0.544. The molecule has 4 N–H and O–H groups in total. The summed E-state index contributed by atoms with van der Waals surface area (Å²) in [7, 11) is -4.63. The fourth-order valence-electron chi connectivity index (χ4n) is 13.6. The number of carbonyl (C=O) groups excluding carboxylic acids is 1. The number of nitrogens with zero attached hydrogens (tertiary/aromatic N) is 6. The summed E-state index contributed by atoms with van der Waals surface area (Å²) in [6.07, 6.45) is 9.64. The van der Waals surface area contributed by atoms with E-state index < -0.39 is 37.0 Å². The van der Waals surface area contributed by atoms with Gasteiger partial charge in [0.25, 0.3) is 21.6 Å². The van der Waals surface area contributed by atoms with Gasteiger partial charge < -0.3 is 44.3 Å². The highest BCUT2D eigenvalue weighted by Crippen LogP contribution is 2.54. The van der Waals surface area contributed by atoms with Crippen LogP contribution in [0.4, 0.5) is 34.3 Å². The van der Waals surface area contributed by atoms with Gasteiger partial charge in [0.05, 0.1) is 89.6 Å². The van der Waals surface area contributed by atoms with Crippen LogP contribution < -0.4 is 24.7 Å². The molecular weight excluding hydrogens is 987 g/mol. The second-order valence-electron chi connectivity index (χ2n) is 23.3. The minimum Gasteiger partial charge on any atom is -0.390 e. The third-order valence-electron chi connectivity index (χ3n) is 18.1. The molecule has 4 saturated heterocycles. The molecule has 2 aliphatic carbocycles. The quantitative estimate of drug-likeness (QED) is 0.0645. The van der Waals surface area contributed by atoms with Crippen LogP contribution in [0, 0.1) is 21.4 Å². The Labute approximate surface area is 444 Å². The Kier molecular flexibility index (Phi) is 13.5. The first-order chi connectivity index (χ1) is 36.6. The van der Waals surface area contributed by atoms with Crippen LogP contribution in [0.5, 0.6) is 0 Å². The summed E-state index contributed by atoms with van der Waals surface area (Å²) in [6.45, 7) is 12.8. The van der Waals surface area contributed by atoms with Crippen LogP contribution in [0.15, 0.2) is 83.9 Å². The predicted molar refractivity (Wildman–Crippen MR) is 291 cm³/mol. The van der Waals surface area contributed by atoms with Gasteiger partial charge in [-0.05, 0) is 136 Å². The molecule has 2 saturated carbocycles. The number of hydrogen-bond acceptors (Lipinski definition) is 15. The molecule has 3 atom stereocenters. The molecule has 76 heavy (non-hydrogen) atoms. The molecule has 3 aromatic carbocycles. The number of nitro benzene ring substituents is 1. The topological polar surface area (TPSA) is 208 Å². The number of H-pyrrole nitrogens is 1. The second-order valence-corrected chi connectivity index (χ2v) is 25.0. The van der Waals surface area contributed by atoms with E-state index in [1.54, 1.807) is 6.07 Å². The van der Waals surface area contributed by atoms with E-state index in [0.29, 0.717) is 76.5 Å². The number of nitro groups is 1. The Bertz CT molecular complexity index is 3100. The lowest BCUT2D eigenvalue weighted by atomic mass is 9.59. The number of aromatic nitrogens is 2. The van der Waals surface area contributed by atoms with Crippen molar-refractivity contribution in [3.8, 4) is 0 Å². The van der Waals surface area contributed by atoms with Crippen molar-refractivity contribution in [2.45, 2.75) is 125 Å². The van der Waals surface area contributed by atoms with Gasteiger partial charge in [0.15, 0.2) is 5.82 Å². The zero-order chi connectivity index (χ0) is 52.5. The number of fused-ring (bicyclic) bond motifs is 3. The highest BCUT2D eigenvalue weighted by Gasteiger charge is 2.51. The van der Waals surface area contributed by atoms with Gasteiger partial charge >= 0.3 is 0 Å². The molecule has 2 aromatic heterocycles. The van der Waals surface area contributed by atoms with Crippen molar-refractivity contribution >= 4 is 61.2 Å². The van der Waals surface area contributed by atoms with Gasteiger partial charge in [-0.25, -0.2) is 18.1 Å². The standard InChI is InChI=1S/C57H71N9O9S/c1-36(2)43-6-4-5-7-44(43)51-34-74-25-23-63(51)40-29-57(30-40)18-21-62(22-19-57)39-8-10-45(55(67)61-76(71,72)42-9-11-46(49(28-42)66(69)70)59-31-37-12-16-56(3,68)17-13-37)48(27-39)65-47-15-24-73-35-52(47)64(41-32-75-33-41)54-50(65)26-38-14-20-58-53(38)60-54/h4-11,14,20,26-28,36-37,40-41,47,51-52,59,68H,12-13,15-19,21-25,29-35H2,1-3H3,(H,58,60)(H,61,67)/t37?,47-,51-,52-,56?/m0/s1. The highest BCUT2D eigenvalue weighted by atomic mass is 32.2. The van der Waals surface area contributed by atoms with E-state index in [9.17, 15) is 28.4 Å². The van der Waals surface area contributed by atoms with Crippen molar-refractivity contribution in [3.05, 3.63) is 106 Å². The molecule has 7 aliphatic rings. The molecule has 6 fully saturated rings. The Balaban J connectivity index is 0.844. The lowest BCUT2D eigenvalue weighted by Crippen LogP contribution is -2.65. The van der Waals surface area contributed by atoms with Gasteiger partial charge in [0.2, 0.25) is 0 Å². The van der Waals surface area contributed by atoms with E-state index in [2.05, 4.69) is 78.8 Å². The van der Waals surface area contributed by atoms with Gasteiger partial charge in [-0.2, -0.15) is 0 Å². The van der Waals surface area contributed by atoms with Gasteiger partial charge in [0.1, 0.15) is 11.3 Å². The van der Waals surface area contributed by atoms with Crippen LogP contribution in [0.3, 0.4) is 0 Å². The minimum atomic E-state index is -4.63. The molecule has 5 aliphatic heterocycles. The number of hydrogen-bond donors (Lipinski definition) is 4. The maximum absolute atomic E-state index is 14.9. The smallest absolute Gasteiger partial charge is 0.293 e. The predicted octanol–water partition coefficient (Wildman–Crippen LogP) is 8.40. The third kappa shape index (κ3) is 9.58. The Morgan fingerprint density at radius 2 is 1.66 bits per heavy atom. The number of pyridine rings is 1. The first-order valence-electron chi connectivity index (χ1n) is 27.5. The van der Waals surface area contributed by atoms with E-state index in [-0.39, 0.29) is 46.8 Å². The van der Waals surface area contributed by atoms with Gasteiger partial charge in [-0.15, -0.1) is 0 Å². The van der Waals surface area contributed by atoms with Crippen molar-refractivity contribution in [3.63, 3.8) is 0 Å². The summed E-state index contributed by atoms with van der Waals surface area (Å²) in [6, 6.07) is 22.8. The molecule has 5 aromatic rings. The summed E-state index contributed by atoms with van der Waals surface area (Å²) in [5.41, 5.74) is 5.21. The highest BCUT2D eigenvalue weighted by molar-refractivity contribution is 7.90. The fourth-order valence-corrected chi connectivity index (χ4v) is 14.6. The van der Waals surface area contributed by atoms with E-state index in [1.165, 1.54) is 23.3 Å². The monoisotopic (exact) mass is 1060 g/mol. The van der Waals surface area contributed by atoms with Crippen LogP contribution in [-0.4, -0.2) is 135 Å². The number of rotatable bonds is 13. The van der Waals surface area contributed by atoms with Crippen LogP contribution in [0.2, 0.25) is 0 Å². The normalized spacial score (nSPS) is 26.2. The van der Waals surface area contributed by atoms with Crippen LogP contribution in [-0.2, 0) is 24.2 Å². The van der Waals surface area contributed by atoms with Crippen LogP contribution in [0.1, 0.15) is 112 Å². The number of aromatic amines is 1. The average Bonchev–Trinajstić information content (AvgIpc) is 3.94. The second kappa shape index (κ2) is 20.2. The lowest BCUT2D eigenvalue weighted by molar-refractivity contribution is -0.384. The summed E-state index contributed by atoms with van der Waals surface area (Å²) >= 11 is 0. The number of ether oxygens (including phenoxy) is 3. The van der Waals surface area contributed by atoms with Crippen molar-refractivity contribution in [1.29, 1.82) is 0 Å². The van der Waals surface area contributed by atoms with E-state index in [1.807, 2.05) is 31.3 Å². The number of anilines is 5. The SMILES string of the molecule is CC(C)c1ccccc1[C@@H]1COCCN1C1CC2(CCN(c3ccc(C(=O)NS(=O)(=O)c4ccc(NCC5CCC(C)(O)CC5)c([N+](=O)[O-])c4)c(N4c5cc6cc[nH]c6nc5N(C5COC5)[C@H]5COCC[C@@H]54)c3)CC2)C1. The molecule has 0 radical (unpaired) electrons. The maximum Gasteiger partial charge on any atom is 0.293 e. The molecule has 0 unspecified atom stereocenters. The summed E-state index contributed by atoms with van der Waals surface area (Å²) in [5.74, 6) is 0.495. The van der Waals surface area contributed by atoms with Gasteiger partial charge in [-0.1, -0.05) is 38.1 Å². The summed E-state index contributed by atoms with van der Waals surface area (Å²) in [4.78, 5) is 44.5. The van der Waals surface area contributed by atoms with Crippen LogP contribution >= 0.6 is 0 Å². The average molecular weight is 1060 g/mol. The van der Waals surface area contributed by atoms with E-state index >= 15 is 0 Å². The number of carbonyl (C=O) groups is 1. The Hall–Kier alpha value is -5.83. The number of piperidine rings is 1. The number of amides is 1. The number of aliphatic hydroxyl groups is 1. The summed E-state index contributed by atoms with van der Waals surface area (Å²) in [5, 5.41) is 26.9. The lowest BCUT2D eigenvalue weighted by Gasteiger charge is -2.57. The Morgan fingerprint density at radius 1 is 0.882 bits per heavy atom. The zero-order valence-corrected chi connectivity index (χ0v) is 44.6. The zero-order valence-electron chi connectivity index (χ0n) is 43.8. The first-order valence-corrected chi connectivity index (χ1v) is 29.0. The molecule has 7 heterocycles. The third-order valence-corrected chi connectivity index (χ3v) is 19.4. The van der Waals surface area contributed by atoms with Crippen molar-refractivity contribution < 1.29 is 37.5 Å². The number of sulfonamides is 1. The molecule has 1 amide bonds. The molecule has 0 bridgehead atoms. The largest absolute Gasteiger partial charge is 0.390 e. The molecule has 18 nitrogen and oxygen atoms in total. The van der Waals surface area contributed by atoms with Crippen molar-refractivity contribution in [2.75, 3.05) is 85.8 Å². The molecule has 12 rings (SSSR count). The van der Waals surface area contributed by atoms with Gasteiger partial charge in [-0.3, -0.25) is 19.8 Å². The van der Waals surface area contributed by atoms with E-state index in [4.69, 9.17) is 19.2 Å². The maximum atomic E-state index is 14.9. The number of morpholine rings is 1. The molecule has 1 spiro atoms. The minimum absolute atomic E-state index is 0.0709. The molecule has 404 valence electrons. The first kappa shape index (κ1) is 51.0.